The molecule has 3 unspecified atom stereocenters. The van der Waals surface area contributed by atoms with Crippen LogP contribution in [0.15, 0.2) is 24.3 Å². The molecule has 19 heavy (non-hydrogen) atoms. The van der Waals surface area contributed by atoms with Crippen molar-refractivity contribution in [3.05, 3.63) is 29.8 Å². The van der Waals surface area contributed by atoms with E-state index in [2.05, 4.69) is 13.0 Å². The second kappa shape index (κ2) is 5.63. The molecule has 0 radical (unpaired) electrons. The second-order valence-corrected chi connectivity index (χ2v) is 5.52. The third kappa shape index (κ3) is 2.74. The fourth-order valence-corrected chi connectivity index (χ4v) is 3.00. The van der Waals surface area contributed by atoms with Crippen LogP contribution in [0.4, 0.5) is 0 Å². The van der Waals surface area contributed by atoms with Crippen LogP contribution in [0.3, 0.4) is 0 Å². The summed E-state index contributed by atoms with van der Waals surface area (Å²) in [7, 11) is 0. The molecule has 1 aliphatic rings. The van der Waals surface area contributed by atoms with Crippen molar-refractivity contribution in [3.63, 3.8) is 0 Å². The highest BCUT2D eigenvalue weighted by Gasteiger charge is 2.44. The summed E-state index contributed by atoms with van der Waals surface area (Å²) in [6.07, 6.45) is 1.81. The Hall–Kier alpha value is -1.53. The smallest absolute Gasteiger partial charge is 0.119 e. The minimum atomic E-state index is -0.733. The zero-order valence-corrected chi connectivity index (χ0v) is 11.6. The first-order chi connectivity index (χ1) is 9.11. The Morgan fingerprint density at radius 1 is 1.58 bits per heavy atom. The van der Waals surface area contributed by atoms with Crippen LogP contribution in [-0.2, 0) is 0 Å². The molecule has 0 aromatic heterocycles. The van der Waals surface area contributed by atoms with Gasteiger partial charge in [0.2, 0.25) is 0 Å². The van der Waals surface area contributed by atoms with Crippen LogP contribution in [0.25, 0.3) is 0 Å². The van der Waals surface area contributed by atoms with Gasteiger partial charge in [-0.3, -0.25) is 0 Å². The number of hydrogen-bond donors (Lipinski definition) is 1. The number of ether oxygens (including phenoxy) is 1. The van der Waals surface area contributed by atoms with Gasteiger partial charge in [-0.05, 0) is 49.8 Å². The molecule has 1 N–H and O–H groups in total. The first kappa shape index (κ1) is 13.9. The van der Waals surface area contributed by atoms with Gasteiger partial charge in [0.25, 0.3) is 0 Å². The number of hydrogen-bond acceptors (Lipinski definition) is 3. The standard InChI is InChI=1S/C16H21NO2/c1-3-19-14-6-4-5-13(9-14)15(18)16(11-17)8-7-12(2)10-16/h4-6,9,12,15,18H,3,7-8,10H2,1-2H3. The second-order valence-electron chi connectivity index (χ2n) is 5.52. The third-order valence-corrected chi connectivity index (χ3v) is 4.03. The summed E-state index contributed by atoms with van der Waals surface area (Å²) in [4.78, 5) is 0. The highest BCUT2D eigenvalue weighted by Crippen LogP contribution is 2.49. The van der Waals surface area contributed by atoms with E-state index in [9.17, 15) is 10.4 Å². The van der Waals surface area contributed by atoms with Crippen LogP contribution in [0.2, 0.25) is 0 Å². The van der Waals surface area contributed by atoms with E-state index in [1.54, 1.807) is 0 Å². The maximum Gasteiger partial charge on any atom is 0.119 e. The molecule has 102 valence electrons. The van der Waals surface area contributed by atoms with Crippen molar-refractivity contribution in [2.24, 2.45) is 11.3 Å². The van der Waals surface area contributed by atoms with Crippen molar-refractivity contribution in [2.75, 3.05) is 6.61 Å². The molecule has 0 bridgehead atoms. The molecule has 1 aromatic rings. The monoisotopic (exact) mass is 259 g/mol. The van der Waals surface area contributed by atoms with E-state index >= 15 is 0 Å². The van der Waals surface area contributed by atoms with Gasteiger partial charge in [0, 0.05) is 0 Å². The first-order valence-corrected chi connectivity index (χ1v) is 6.93. The number of aliphatic hydroxyl groups excluding tert-OH is 1. The van der Waals surface area contributed by atoms with Crippen LogP contribution in [0, 0.1) is 22.7 Å². The van der Waals surface area contributed by atoms with Gasteiger partial charge >= 0.3 is 0 Å². The highest BCUT2D eigenvalue weighted by atomic mass is 16.5. The summed E-state index contributed by atoms with van der Waals surface area (Å²) in [5, 5.41) is 20.1. The molecule has 1 aromatic carbocycles. The Morgan fingerprint density at radius 3 is 2.95 bits per heavy atom. The van der Waals surface area contributed by atoms with Gasteiger partial charge in [-0.25, -0.2) is 0 Å². The van der Waals surface area contributed by atoms with Crippen molar-refractivity contribution < 1.29 is 9.84 Å². The average Bonchev–Trinajstić information content (AvgIpc) is 2.81. The topological polar surface area (TPSA) is 53.2 Å². The number of benzene rings is 1. The predicted molar refractivity (Wildman–Crippen MR) is 73.6 cm³/mol. The fourth-order valence-electron chi connectivity index (χ4n) is 3.00. The Morgan fingerprint density at radius 2 is 2.37 bits per heavy atom. The summed E-state index contributed by atoms with van der Waals surface area (Å²) >= 11 is 0. The van der Waals surface area contributed by atoms with Crippen LogP contribution in [0.1, 0.15) is 44.8 Å². The molecule has 3 nitrogen and oxygen atoms in total. The molecule has 0 amide bonds. The quantitative estimate of drug-likeness (QED) is 0.901. The molecular weight excluding hydrogens is 238 g/mol. The van der Waals surface area contributed by atoms with E-state index in [1.165, 1.54) is 0 Å². The maximum absolute atomic E-state index is 10.6. The Kier molecular flexibility index (Phi) is 4.11. The summed E-state index contributed by atoms with van der Waals surface area (Å²) in [6, 6.07) is 9.82. The molecule has 1 fully saturated rings. The van der Waals surface area contributed by atoms with Crippen LogP contribution in [0.5, 0.6) is 5.75 Å². The van der Waals surface area contributed by atoms with Crippen LogP contribution < -0.4 is 4.74 Å². The summed E-state index contributed by atoms with van der Waals surface area (Å²) in [6.45, 7) is 4.67. The van der Waals surface area contributed by atoms with Crippen molar-refractivity contribution in [1.82, 2.24) is 0 Å². The molecule has 1 saturated carbocycles. The molecule has 0 spiro atoms. The van der Waals surface area contributed by atoms with E-state index in [0.29, 0.717) is 12.5 Å². The Labute approximate surface area is 114 Å². The number of nitriles is 1. The molecule has 0 aliphatic heterocycles. The van der Waals surface area contributed by atoms with Crippen molar-refractivity contribution in [2.45, 2.75) is 39.2 Å². The molecular formula is C16H21NO2. The lowest BCUT2D eigenvalue weighted by Crippen LogP contribution is -2.24. The van der Waals surface area contributed by atoms with Crippen molar-refractivity contribution >= 4 is 0 Å². The van der Waals surface area contributed by atoms with Crippen molar-refractivity contribution in [1.29, 1.82) is 5.26 Å². The number of aliphatic hydroxyl groups is 1. The van der Waals surface area contributed by atoms with E-state index in [4.69, 9.17) is 4.74 Å². The summed E-state index contributed by atoms with van der Waals surface area (Å²) in [5.41, 5.74) is 0.145. The minimum Gasteiger partial charge on any atom is -0.494 e. The van der Waals surface area contributed by atoms with Gasteiger partial charge in [-0.1, -0.05) is 19.1 Å². The maximum atomic E-state index is 10.6. The molecule has 0 saturated heterocycles. The SMILES string of the molecule is CCOc1cccc(C(O)C2(C#N)CCC(C)C2)c1. The number of rotatable bonds is 4. The lowest BCUT2D eigenvalue weighted by atomic mass is 9.78. The molecule has 3 heteroatoms. The molecule has 2 rings (SSSR count). The van der Waals surface area contributed by atoms with E-state index in [1.807, 2.05) is 31.2 Å². The van der Waals surface area contributed by atoms with E-state index in [-0.39, 0.29) is 0 Å². The van der Waals surface area contributed by atoms with E-state index < -0.39 is 11.5 Å². The van der Waals surface area contributed by atoms with Gasteiger partial charge in [0.05, 0.1) is 24.2 Å². The van der Waals surface area contributed by atoms with Crippen molar-refractivity contribution in [3.8, 4) is 11.8 Å². The van der Waals surface area contributed by atoms with Crippen LogP contribution >= 0.6 is 0 Å². The Balaban J connectivity index is 2.25. The summed E-state index contributed by atoms with van der Waals surface area (Å²) < 4.78 is 5.45. The summed E-state index contributed by atoms with van der Waals surface area (Å²) in [5.74, 6) is 1.25. The van der Waals surface area contributed by atoms with E-state index in [0.717, 1.165) is 30.6 Å². The normalized spacial score (nSPS) is 27.8. The molecule has 3 atom stereocenters. The Bertz CT molecular complexity index is 480. The van der Waals surface area contributed by atoms with Gasteiger partial charge in [-0.15, -0.1) is 0 Å². The van der Waals surface area contributed by atoms with Gasteiger partial charge in [0.15, 0.2) is 0 Å². The van der Waals surface area contributed by atoms with Gasteiger partial charge in [0.1, 0.15) is 5.75 Å². The fraction of sp³-hybridized carbons (Fsp3) is 0.562. The molecule has 0 heterocycles. The van der Waals surface area contributed by atoms with Gasteiger partial charge in [-0.2, -0.15) is 5.26 Å². The lowest BCUT2D eigenvalue weighted by Gasteiger charge is -2.27. The molecule has 1 aliphatic carbocycles. The predicted octanol–water partition coefficient (Wildman–Crippen LogP) is 3.45. The zero-order chi connectivity index (χ0) is 13.9. The first-order valence-electron chi connectivity index (χ1n) is 6.93. The lowest BCUT2D eigenvalue weighted by molar-refractivity contribution is 0.0645. The van der Waals surface area contributed by atoms with Crippen LogP contribution in [-0.4, -0.2) is 11.7 Å². The largest absolute Gasteiger partial charge is 0.494 e. The minimum absolute atomic E-state index is 0.504. The zero-order valence-electron chi connectivity index (χ0n) is 11.6. The average molecular weight is 259 g/mol. The highest BCUT2D eigenvalue weighted by molar-refractivity contribution is 5.32. The van der Waals surface area contributed by atoms with Gasteiger partial charge < -0.3 is 9.84 Å². The number of nitrogens with zero attached hydrogens (tertiary/aromatic N) is 1. The third-order valence-electron chi connectivity index (χ3n) is 4.03.